The summed E-state index contributed by atoms with van der Waals surface area (Å²) in [5.41, 5.74) is 7.53. The molecule has 0 bridgehead atoms. The van der Waals surface area contributed by atoms with E-state index < -0.39 is 4.92 Å². The number of benzene rings is 1. The molecule has 0 amide bonds. The second-order valence-corrected chi connectivity index (χ2v) is 4.99. The number of nitro groups is 1. The predicted octanol–water partition coefficient (Wildman–Crippen LogP) is 2.41. The van der Waals surface area contributed by atoms with Crippen LogP contribution in [-0.2, 0) is 6.54 Å². The average Bonchev–Trinajstić information content (AvgIpc) is 2.82. The van der Waals surface area contributed by atoms with E-state index in [-0.39, 0.29) is 23.2 Å². The fraction of sp³-hybridized carbons (Fsp3) is 0.333. The van der Waals surface area contributed by atoms with Gasteiger partial charge in [-0.1, -0.05) is 30.7 Å². The van der Waals surface area contributed by atoms with Crippen molar-refractivity contribution >= 4 is 17.3 Å². The second-order valence-electron chi connectivity index (χ2n) is 4.58. The van der Waals surface area contributed by atoms with Gasteiger partial charge in [0.2, 0.25) is 0 Å². The lowest BCUT2D eigenvalue weighted by atomic mass is 10.1. The van der Waals surface area contributed by atoms with Crippen LogP contribution in [0.25, 0.3) is 5.69 Å². The van der Waals surface area contributed by atoms with Gasteiger partial charge in [-0.15, -0.1) is 5.10 Å². The summed E-state index contributed by atoms with van der Waals surface area (Å²) in [4.78, 5) is 10.4. The van der Waals surface area contributed by atoms with Gasteiger partial charge < -0.3 is 5.73 Å². The first-order valence-corrected chi connectivity index (χ1v) is 6.42. The smallest absolute Gasteiger partial charge is 0.290 e. The van der Waals surface area contributed by atoms with Gasteiger partial charge in [-0.3, -0.25) is 10.1 Å². The van der Waals surface area contributed by atoms with Crippen LogP contribution in [0.3, 0.4) is 0 Å². The molecule has 1 aromatic heterocycles. The number of rotatable bonds is 4. The Morgan fingerprint density at radius 3 is 2.75 bits per heavy atom. The third-order valence-electron chi connectivity index (χ3n) is 2.89. The molecule has 0 atom stereocenters. The van der Waals surface area contributed by atoms with Crippen molar-refractivity contribution in [3.8, 4) is 5.69 Å². The van der Waals surface area contributed by atoms with Crippen LogP contribution in [0.2, 0.25) is 5.02 Å². The molecule has 2 N–H and O–H groups in total. The summed E-state index contributed by atoms with van der Waals surface area (Å²) < 4.78 is 1.57. The van der Waals surface area contributed by atoms with Gasteiger partial charge in [-0.25, -0.2) is 4.68 Å². The molecule has 1 aromatic carbocycles. The minimum atomic E-state index is -0.526. The van der Waals surface area contributed by atoms with E-state index in [2.05, 4.69) is 10.3 Å². The Balaban J connectivity index is 2.60. The van der Waals surface area contributed by atoms with Crippen LogP contribution in [-0.4, -0.2) is 19.9 Å². The topological polar surface area (TPSA) is 99.9 Å². The van der Waals surface area contributed by atoms with E-state index in [0.29, 0.717) is 11.4 Å². The normalized spacial score (nSPS) is 11.1. The number of hydrogen-bond donors (Lipinski definition) is 1. The Labute approximate surface area is 120 Å². The van der Waals surface area contributed by atoms with E-state index in [1.165, 1.54) is 12.1 Å². The Morgan fingerprint density at radius 1 is 1.50 bits per heavy atom. The number of nitro benzene ring substituents is 1. The van der Waals surface area contributed by atoms with Crippen molar-refractivity contribution in [1.29, 1.82) is 0 Å². The molecular weight excluding hydrogens is 282 g/mol. The number of halogens is 1. The molecule has 1 heterocycles. The minimum absolute atomic E-state index is 0.0870. The van der Waals surface area contributed by atoms with Crippen molar-refractivity contribution < 1.29 is 4.92 Å². The molecular formula is C12H14ClN5O2. The number of nitrogens with two attached hydrogens (primary N) is 1. The molecule has 8 heteroatoms. The highest BCUT2D eigenvalue weighted by Crippen LogP contribution is 2.28. The highest BCUT2D eigenvalue weighted by Gasteiger charge is 2.19. The maximum absolute atomic E-state index is 10.9. The van der Waals surface area contributed by atoms with E-state index in [0.717, 1.165) is 5.69 Å². The molecule has 0 aliphatic carbocycles. The van der Waals surface area contributed by atoms with Crippen LogP contribution in [0, 0.1) is 10.1 Å². The fourth-order valence-corrected chi connectivity index (χ4v) is 2.19. The maximum Gasteiger partial charge on any atom is 0.290 e. The quantitative estimate of drug-likeness (QED) is 0.689. The lowest BCUT2D eigenvalue weighted by molar-refractivity contribution is -0.384. The van der Waals surface area contributed by atoms with Gasteiger partial charge in [0.05, 0.1) is 16.3 Å². The van der Waals surface area contributed by atoms with Crippen molar-refractivity contribution in [2.75, 3.05) is 0 Å². The maximum atomic E-state index is 10.9. The SMILES string of the molecule is CC(C)c1c(CN)nnn1-c1ccc(Cl)c([N+](=O)[O-])c1. The molecule has 0 radical (unpaired) electrons. The molecule has 0 spiro atoms. The lowest BCUT2D eigenvalue weighted by Gasteiger charge is -2.10. The fourth-order valence-electron chi connectivity index (χ4n) is 2.01. The van der Waals surface area contributed by atoms with Crippen molar-refractivity contribution in [2.24, 2.45) is 5.73 Å². The average molecular weight is 296 g/mol. The summed E-state index contributed by atoms with van der Waals surface area (Å²) in [6.45, 7) is 4.24. The van der Waals surface area contributed by atoms with Crippen LogP contribution in [0.4, 0.5) is 5.69 Å². The second kappa shape index (κ2) is 5.56. The number of aromatic nitrogens is 3. The molecule has 2 aromatic rings. The first-order valence-electron chi connectivity index (χ1n) is 6.04. The first-order chi connectivity index (χ1) is 9.45. The number of nitrogens with zero attached hydrogens (tertiary/aromatic N) is 4. The molecule has 20 heavy (non-hydrogen) atoms. The van der Waals surface area contributed by atoms with Gasteiger partial charge >= 0.3 is 0 Å². The van der Waals surface area contributed by atoms with Gasteiger partial charge in [-0.05, 0) is 18.1 Å². The number of hydrogen-bond acceptors (Lipinski definition) is 5. The standard InChI is InChI=1S/C12H14ClN5O2/c1-7(2)12-10(6-14)15-16-17(12)8-3-4-9(13)11(5-8)18(19)20/h3-5,7H,6,14H2,1-2H3. The summed E-state index contributed by atoms with van der Waals surface area (Å²) in [7, 11) is 0. The van der Waals surface area contributed by atoms with Crippen LogP contribution < -0.4 is 5.73 Å². The van der Waals surface area contributed by atoms with E-state index >= 15 is 0 Å². The van der Waals surface area contributed by atoms with Gasteiger partial charge in [0.25, 0.3) is 5.69 Å². The Morgan fingerprint density at radius 2 is 2.20 bits per heavy atom. The highest BCUT2D eigenvalue weighted by molar-refractivity contribution is 6.32. The van der Waals surface area contributed by atoms with Crippen LogP contribution in [0.1, 0.15) is 31.2 Å². The zero-order valence-electron chi connectivity index (χ0n) is 11.1. The molecule has 0 unspecified atom stereocenters. The molecule has 0 aliphatic rings. The van der Waals surface area contributed by atoms with Crippen molar-refractivity contribution in [3.05, 3.63) is 44.7 Å². The summed E-state index contributed by atoms with van der Waals surface area (Å²) >= 11 is 5.81. The minimum Gasteiger partial charge on any atom is -0.325 e. The van der Waals surface area contributed by atoms with E-state index in [4.69, 9.17) is 17.3 Å². The Hall–Kier alpha value is -1.99. The van der Waals surface area contributed by atoms with E-state index in [1.54, 1.807) is 10.7 Å². The third-order valence-corrected chi connectivity index (χ3v) is 3.21. The summed E-state index contributed by atoms with van der Waals surface area (Å²) in [5, 5.41) is 19.1. The van der Waals surface area contributed by atoms with Crippen molar-refractivity contribution in [1.82, 2.24) is 15.0 Å². The molecule has 106 valence electrons. The molecule has 0 fully saturated rings. The van der Waals surface area contributed by atoms with E-state index in [9.17, 15) is 10.1 Å². The first kappa shape index (κ1) is 14.4. The third kappa shape index (κ3) is 2.50. The monoisotopic (exact) mass is 295 g/mol. The highest BCUT2D eigenvalue weighted by atomic mass is 35.5. The van der Waals surface area contributed by atoms with Crippen molar-refractivity contribution in [2.45, 2.75) is 26.3 Å². The molecule has 0 aliphatic heterocycles. The van der Waals surface area contributed by atoms with E-state index in [1.807, 2.05) is 13.8 Å². The summed E-state index contributed by atoms with van der Waals surface area (Å²) in [5.74, 6) is 0.137. The summed E-state index contributed by atoms with van der Waals surface area (Å²) in [6, 6.07) is 4.52. The Kier molecular flexibility index (Phi) is 4.01. The van der Waals surface area contributed by atoms with Crippen LogP contribution >= 0.6 is 11.6 Å². The Bertz CT molecular complexity index is 653. The summed E-state index contributed by atoms with van der Waals surface area (Å²) in [6.07, 6.45) is 0. The van der Waals surface area contributed by atoms with Gasteiger partial charge in [-0.2, -0.15) is 0 Å². The molecule has 7 nitrogen and oxygen atoms in total. The lowest BCUT2D eigenvalue weighted by Crippen LogP contribution is -2.08. The van der Waals surface area contributed by atoms with Gasteiger partial charge in [0.15, 0.2) is 0 Å². The van der Waals surface area contributed by atoms with Gasteiger partial charge in [0, 0.05) is 12.6 Å². The zero-order chi connectivity index (χ0) is 14.9. The molecule has 2 rings (SSSR count). The molecule has 0 saturated carbocycles. The van der Waals surface area contributed by atoms with Crippen LogP contribution in [0.15, 0.2) is 18.2 Å². The van der Waals surface area contributed by atoms with Gasteiger partial charge in [0.1, 0.15) is 10.7 Å². The molecule has 0 saturated heterocycles. The van der Waals surface area contributed by atoms with Crippen LogP contribution in [0.5, 0.6) is 0 Å². The zero-order valence-corrected chi connectivity index (χ0v) is 11.8. The largest absolute Gasteiger partial charge is 0.325 e. The predicted molar refractivity (Wildman–Crippen MR) is 75.0 cm³/mol. The van der Waals surface area contributed by atoms with Crippen molar-refractivity contribution in [3.63, 3.8) is 0 Å².